The first kappa shape index (κ1) is 17.1. The van der Waals surface area contributed by atoms with Gasteiger partial charge in [0, 0.05) is 32.8 Å². The highest BCUT2D eigenvalue weighted by atomic mass is 16.6. The zero-order valence-corrected chi connectivity index (χ0v) is 14.8. The average molecular weight is 360 g/mol. The Labute approximate surface area is 152 Å². The van der Waals surface area contributed by atoms with Gasteiger partial charge in [-0.05, 0) is 30.5 Å². The molecule has 1 atom stereocenters. The van der Waals surface area contributed by atoms with Crippen molar-refractivity contribution in [2.75, 3.05) is 46.0 Å². The van der Waals surface area contributed by atoms with Crippen LogP contribution in [0.15, 0.2) is 18.2 Å². The molecule has 0 saturated carbocycles. The number of rotatable bonds is 3. The molecule has 0 aromatic heterocycles. The molecule has 26 heavy (non-hydrogen) atoms. The summed E-state index contributed by atoms with van der Waals surface area (Å²) < 4.78 is 16.6. The van der Waals surface area contributed by atoms with Gasteiger partial charge in [-0.15, -0.1) is 0 Å². The van der Waals surface area contributed by atoms with Gasteiger partial charge in [-0.25, -0.2) is 0 Å². The average Bonchev–Trinajstić information content (AvgIpc) is 3.22. The van der Waals surface area contributed by atoms with Gasteiger partial charge < -0.3 is 24.0 Å². The molecule has 2 saturated heterocycles. The van der Waals surface area contributed by atoms with Crippen molar-refractivity contribution < 1.29 is 23.8 Å². The van der Waals surface area contributed by atoms with E-state index in [2.05, 4.69) is 0 Å². The van der Waals surface area contributed by atoms with E-state index >= 15 is 0 Å². The highest BCUT2D eigenvalue weighted by Crippen LogP contribution is 2.31. The van der Waals surface area contributed by atoms with Crippen molar-refractivity contribution in [3.8, 4) is 11.5 Å². The molecule has 3 heterocycles. The smallest absolute Gasteiger partial charge is 0.251 e. The lowest BCUT2D eigenvalue weighted by atomic mass is 10.1. The van der Waals surface area contributed by atoms with Gasteiger partial charge in [-0.3, -0.25) is 9.59 Å². The highest BCUT2D eigenvalue weighted by molar-refractivity contribution is 5.82. The number of carbonyl (C=O) groups is 2. The number of carbonyl (C=O) groups excluding carboxylic acids is 2. The molecule has 0 aliphatic carbocycles. The molecular weight excluding hydrogens is 336 g/mol. The number of hydrogen-bond acceptors (Lipinski definition) is 5. The summed E-state index contributed by atoms with van der Waals surface area (Å²) in [6.45, 7) is 4.05. The summed E-state index contributed by atoms with van der Waals surface area (Å²) in [5.41, 5.74) is 0.914. The maximum absolute atomic E-state index is 12.6. The third-order valence-electron chi connectivity index (χ3n) is 5.11. The zero-order valence-electron chi connectivity index (χ0n) is 14.8. The number of nitrogens with zero attached hydrogens (tertiary/aromatic N) is 2. The predicted molar refractivity (Wildman–Crippen MR) is 93.3 cm³/mol. The fourth-order valence-corrected chi connectivity index (χ4v) is 3.64. The minimum absolute atomic E-state index is 0.0708. The fraction of sp³-hybridized carbons (Fsp3) is 0.579. The Hall–Kier alpha value is -2.28. The van der Waals surface area contributed by atoms with Crippen molar-refractivity contribution in [3.05, 3.63) is 23.8 Å². The van der Waals surface area contributed by atoms with Crippen LogP contribution in [0.3, 0.4) is 0 Å². The van der Waals surface area contributed by atoms with Crippen LogP contribution in [0.25, 0.3) is 0 Å². The van der Waals surface area contributed by atoms with E-state index in [1.54, 1.807) is 0 Å². The lowest BCUT2D eigenvalue weighted by Crippen LogP contribution is -2.53. The molecule has 0 spiro atoms. The Morgan fingerprint density at radius 1 is 0.962 bits per heavy atom. The topological polar surface area (TPSA) is 68.3 Å². The van der Waals surface area contributed by atoms with Gasteiger partial charge in [0.15, 0.2) is 11.5 Å². The quantitative estimate of drug-likeness (QED) is 0.799. The van der Waals surface area contributed by atoms with Crippen molar-refractivity contribution in [3.63, 3.8) is 0 Å². The van der Waals surface area contributed by atoms with Gasteiger partial charge in [-0.1, -0.05) is 6.07 Å². The number of amides is 2. The largest absolute Gasteiger partial charge is 0.486 e. The summed E-state index contributed by atoms with van der Waals surface area (Å²) >= 11 is 0. The lowest BCUT2D eigenvalue weighted by Gasteiger charge is -2.35. The molecular formula is C19H24N2O5. The monoisotopic (exact) mass is 360 g/mol. The van der Waals surface area contributed by atoms with E-state index in [0.717, 1.165) is 24.2 Å². The molecule has 1 aromatic carbocycles. The summed E-state index contributed by atoms with van der Waals surface area (Å²) in [6.07, 6.45) is 1.80. The van der Waals surface area contributed by atoms with E-state index in [9.17, 15) is 9.59 Å². The Balaban J connectivity index is 1.30. The molecule has 7 nitrogen and oxygen atoms in total. The summed E-state index contributed by atoms with van der Waals surface area (Å²) in [4.78, 5) is 28.6. The third-order valence-corrected chi connectivity index (χ3v) is 5.11. The van der Waals surface area contributed by atoms with Gasteiger partial charge in [0.1, 0.15) is 19.3 Å². The van der Waals surface area contributed by atoms with Crippen molar-refractivity contribution >= 4 is 11.8 Å². The van der Waals surface area contributed by atoms with E-state index in [0.29, 0.717) is 58.2 Å². The van der Waals surface area contributed by atoms with Gasteiger partial charge >= 0.3 is 0 Å². The SMILES string of the molecule is O=C(Cc1ccc2c(c1)OCCO2)N1CCN(C(=O)C2CCCO2)CC1. The molecule has 140 valence electrons. The van der Waals surface area contributed by atoms with Gasteiger partial charge in [0.25, 0.3) is 5.91 Å². The van der Waals surface area contributed by atoms with E-state index < -0.39 is 0 Å². The van der Waals surface area contributed by atoms with Crippen LogP contribution in [0, 0.1) is 0 Å². The molecule has 0 radical (unpaired) electrons. The van der Waals surface area contributed by atoms with Crippen LogP contribution >= 0.6 is 0 Å². The van der Waals surface area contributed by atoms with Crippen LogP contribution in [0.2, 0.25) is 0 Å². The zero-order chi connectivity index (χ0) is 17.9. The van der Waals surface area contributed by atoms with Crippen LogP contribution in [-0.2, 0) is 20.7 Å². The lowest BCUT2D eigenvalue weighted by molar-refractivity contribution is -0.145. The Morgan fingerprint density at radius 3 is 2.42 bits per heavy atom. The fourth-order valence-electron chi connectivity index (χ4n) is 3.64. The van der Waals surface area contributed by atoms with Crippen LogP contribution in [0.1, 0.15) is 18.4 Å². The Morgan fingerprint density at radius 2 is 1.69 bits per heavy atom. The summed E-state index contributed by atoms with van der Waals surface area (Å²) in [5, 5.41) is 0. The first-order valence-corrected chi connectivity index (χ1v) is 9.27. The van der Waals surface area contributed by atoms with E-state index in [4.69, 9.17) is 14.2 Å². The summed E-state index contributed by atoms with van der Waals surface area (Å²) in [5.74, 6) is 1.58. The van der Waals surface area contributed by atoms with Crippen LogP contribution in [0.4, 0.5) is 0 Å². The molecule has 0 bridgehead atoms. The number of benzene rings is 1. The van der Waals surface area contributed by atoms with Crippen LogP contribution in [0.5, 0.6) is 11.5 Å². The van der Waals surface area contributed by atoms with Gasteiger partial charge in [0.05, 0.1) is 6.42 Å². The van der Waals surface area contributed by atoms with Crippen molar-refractivity contribution in [1.29, 1.82) is 0 Å². The first-order valence-electron chi connectivity index (χ1n) is 9.27. The molecule has 1 unspecified atom stereocenters. The molecule has 4 rings (SSSR count). The van der Waals surface area contributed by atoms with E-state index in [1.165, 1.54) is 0 Å². The molecule has 2 fully saturated rings. The highest BCUT2D eigenvalue weighted by Gasteiger charge is 2.31. The normalized spacial score (nSPS) is 22.4. The maximum atomic E-state index is 12.6. The molecule has 7 heteroatoms. The van der Waals surface area contributed by atoms with E-state index in [1.807, 2.05) is 28.0 Å². The number of piperazine rings is 1. The number of ether oxygens (including phenoxy) is 3. The van der Waals surface area contributed by atoms with Gasteiger partial charge in [0.2, 0.25) is 5.91 Å². The second kappa shape index (κ2) is 7.53. The summed E-state index contributed by atoms with van der Waals surface area (Å²) in [6, 6.07) is 5.64. The van der Waals surface area contributed by atoms with Crippen molar-refractivity contribution in [2.45, 2.75) is 25.4 Å². The standard InChI is InChI=1S/C19H24N2O5/c22-18(13-14-3-4-15-17(12-14)26-11-10-25-15)20-5-7-21(8-6-20)19(23)16-2-1-9-24-16/h3-4,12,16H,1-2,5-11,13H2. The number of fused-ring (bicyclic) bond motifs is 1. The number of hydrogen-bond donors (Lipinski definition) is 0. The molecule has 3 aliphatic heterocycles. The minimum atomic E-state index is -0.282. The molecule has 3 aliphatic rings. The second-order valence-electron chi connectivity index (χ2n) is 6.86. The Kier molecular flexibility index (Phi) is 4.97. The van der Waals surface area contributed by atoms with Crippen LogP contribution < -0.4 is 9.47 Å². The Bertz CT molecular complexity index is 679. The maximum Gasteiger partial charge on any atom is 0.251 e. The summed E-state index contributed by atoms with van der Waals surface area (Å²) in [7, 11) is 0. The predicted octanol–water partition coefficient (Wildman–Crippen LogP) is 0.850. The third kappa shape index (κ3) is 3.62. The van der Waals surface area contributed by atoms with Crippen molar-refractivity contribution in [1.82, 2.24) is 9.80 Å². The molecule has 0 N–H and O–H groups in total. The second-order valence-corrected chi connectivity index (χ2v) is 6.86. The molecule has 2 amide bonds. The van der Waals surface area contributed by atoms with Crippen molar-refractivity contribution in [2.24, 2.45) is 0 Å². The first-order chi connectivity index (χ1) is 12.7. The van der Waals surface area contributed by atoms with Gasteiger partial charge in [-0.2, -0.15) is 0 Å². The molecule has 1 aromatic rings. The minimum Gasteiger partial charge on any atom is -0.486 e. The van der Waals surface area contributed by atoms with Crippen LogP contribution in [-0.4, -0.2) is 73.7 Å². The van der Waals surface area contributed by atoms with E-state index in [-0.39, 0.29) is 17.9 Å².